The van der Waals surface area contributed by atoms with Crippen molar-refractivity contribution >= 4 is 5.82 Å². The summed E-state index contributed by atoms with van der Waals surface area (Å²) in [5, 5.41) is 0. The van der Waals surface area contributed by atoms with Crippen LogP contribution in [0.25, 0.3) is 0 Å². The highest BCUT2D eigenvalue weighted by Gasteiger charge is 2.12. The molecule has 6 nitrogen and oxygen atoms in total. The normalized spacial score (nSPS) is 10.5. The van der Waals surface area contributed by atoms with Gasteiger partial charge in [-0.2, -0.15) is 4.98 Å². The monoisotopic (exact) mass is 277 g/mol. The lowest BCUT2D eigenvalue weighted by atomic mass is 10.4. The maximum atomic E-state index is 13.3. The fourth-order valence-corrected chi connectivity index (χ4v) is 1.23. The molecule has 0 aliphatic rings. The Bertz CT molecular complexity index is 394. The summed E-state index contributed by atoms with van der Waals surface area (Å²) < 4.78 is 41.4. The van der Waals surface area contributed by atoms with E-state index < -0.39 is 11.6 Å². The molecule has 0 aromatic carbocycles. The molecule has 0 unspecified atom stereocenters. The Labute approximate surface area is 109 Å². The van der Waals surface area contributed by atoms with Crippen LogP contribution in [0.2, 0.25) is 0 Å². The van der Waals surface area contributed by atoms with Crippen molar-refractivity contribution in [2.24, 2.45) is 5.84 Å². The van der Waals surface area contributed by atoms with Crippen LogP contribution in [0.1, 0.15) is 6.42 Å². The van der Waals surface area contributed by atoms with Gasteiger partial charge in [0.1, 0.15) is 0 Å². The van der Waals surface area contributed by atoms with Crippen LogP contribution in [-0.4, -0.2) is 38.5 Å². The van der Waals surface area contributed by atoms with Gasteiger partial charge in [-0.15, -0.1) is 0 Å². The van der Waals surface area contributed by atoms with Crippen molar-refractivity contribution in [1.82, 2.24) is 4.98 Å². The smallest absolute Gasteiger partial charge is 0.252 e. The van der Waals surface area contributed by atoms with Crippen LogP contribution in [0, 0.1) is 11.6 Å². The first-order chi connectivity index (χ1) is 9.19. The number of nitrogen functional groups attached to an aromatic ring is 1. The van der Waals surface area contributed by atoms with Crippen LogP contribution in [0.4, 0.5) is 14.6 Å². The number of hydrogen-bond donors (Lipinski definition) is 2. The molecule has 0 saturated heterocycles. The van der Waals surface area contributed by atoms with E-state index >= 15 is 0 Å². The second-order valence-corrected chi connectivity index (χ2v) is 3.56. The maximum Gasteiger partial charge on any atom is 0.252 e. The molecule has 1 aromatic rings. The van der Waals surface area contributed by atoms with Gasteiger partial charge in [-0.25, -0.2) is 14.6 Å². The Hall–Kier alpha value is -1.51. The highest BCUT2D eigenvalue weighted by Crippen LogP contribution is 2.20. The number of halogens is 2. The topological polar surface area (TPSA) is 78.6 Å². The number of hydrazine groups is 1. The van der Waals surface area contributed by atoms with E-state index in [-0.39, 0.29) is 18.3 Å². The molecule has 0 amide bonds. The molecule has 1 rings (SSSR count). The van der Waals surface area contributed by atoms with Crippen LogP contribution >= 0.6 is 0 Å². The lowest BCUT2D eigenvalue weighted by molar-refractivity contribution is 0.0639. The fourth-order valence-electron chi connectivity index (χ4n) is 1.23. The number of aromatic nitrogens is 1. The SMILES string of the molecule is COCCOCCCOc1nc(NN)c(F)cc1F. The number of anilines is 1. The van der Waals surface area contributed by atoms with E-state index in [1.807, 2.05) is 5.43 Å². The molecule has 0 bridgehead atoms. The second kappa shape index (κ2) is 8.57. The highest BCUT2D eigenvalue weighted by atomic mass is 19.1. The average molecular weight is 277 g/mol. The van der Waals surface area contributed by atoms with Gasteiger partial charge in [0.25, 0.3) is 5.88 Å². The van der Waals surface area contributed by atoms with Gasteiger partial charge in [0.15, 0.2) is 17.5 Å². The van der Waals surface area contributed by atoms with Crippen molar-refractivity contribution in [2.45, 2.75) is 6.42 Å². The molecule has 8 heteroatoms. The minimum atomic E-state index is -0.879. The van der Waals surface area contributed by atoms with Gasteiger partial charge in [0.05, 0.1) is 19.8 Å². The molecule has 19 heavy (non-hydrogen) atoms. The Balaban J connectivity index is 2.33. The third-order valence-corrected chi connectivity index (χ3v) is 2.14. The second-order valence-electron chi connectivity index (χ2n) is 3.56. The third-order valence-electron chi connectivity index (χ3n) is 2.14. The quantitative estimate of drug-likeness (QED) is 0.399. The molecule has 0 spiro atoms. The van der Waals surface area contributed by atoms with Crippen LogP contribution in [0.3, 0.4) is 0 Å². The summed E-state index contributed by atoms with van der Waals surface area (Å²) in [5.41, 5.74) is 2.02. The minimum absolute atomic E-state index is 0.201. The fraction of sp³-hybridized carbons (Fsp3) is 0.545. The predicted octanol–water partition coefficient (Wildman–Crippen LogP) is 1.08. The zero-order valence-electron chi connectivity index (χ0n) is 10.6. The average Bonchev–Trinajstić information content (AvgIpc) is 2.40. The van der Waals surface area contributed by atoms with Crippen LogP contribution in [-0.2, 0) is 9.47 Å². The summed E-state index contributed by atoms with van der Waals surface area (Å²) in [4.78, 5) is 3.57. The molecule has 1 heterocycles. The summed E-state index contributed by atoms with van der Waals surface area (Å²) >= 11 is 0. The minimum Gasteiger partial charge on any atom is -0.475 e. The van der Waals surface area contributed by atoms with Crippen molar-refractivity contribution in [2.75, 3.05) is 39.0 Å². The number of hydrogen-bond acceptors (Lipinski definition) is 6. The van der Waals surface area contributed by atoms with Crippen molar-refractivity contribution < 1.29 is 23.0 Å². The van der Waals surface area contributed by atoms with E-state index in [0.717, 1.165) is 0 Å². The van der Waals surface area contributed by atoms with Gasteiger partial charge >= 0.3 is 0 Å². The molecule has 0 saturated carbocycles. The van der Waals surface area contributed by atoms with Crippen molar-refractivity contribution in [3.8, 4) is 5.88 Å². The van der Waals surface area contributed by atoms with Crippen molar-refractivity contribution in [1.29, 1.82) is 0 Å². The first-order valence-electron chi connectivity index (χ1n) is 5.71. The number of methoxy groups -OCH3 is 1. The molecule has 1 aromatic heterocycles. The number of nitrogens with two attached hydrogens (primary N) is 1. The number of pyridine rings is 1. The number of nitrogens with one attached hydrogen (secondary N) is 1. The molecule has 0 aliphatic heterocycles. The van der Waals surface area contributed by atoms with Gasteiger partial charge in [0.2, 0.25) is 0 Å². The number of ether oxygens (including phenoxy) is 3. The van der Waals surface area contributed by atoms with Crippen LogP contribution in [0.15, 0.2) is 6.07 Å². The first-order valence-corrected chi connectivity index (χ1v) is 5.71. The summed E-state index contributed by atoms with van der Waals surface area (Å²) in [5.74, 6) is 2.70. The van der Waals surface area contributed by atoms with E-state index in [9.17, 15) is 8.78 Å². The van der Waals surface area contributed by atoms with E-state index in [4.69, 9.17) is 20.1 Å². The van der Waals surface area contributed by atoms with Crippen molar-refractivity contribution in [3.05, 3.63) is 17.7 Å². The maximum absolute atomic E-state index is 13.3. The lowest BCUT2D eigenvalue weighted by Crippen LogP contribution is -2.13. The standard InChI is InChI=1S/C11H17F2N3O3/c1-17-5-6-18-3-2-4-19-11-9(13)7-8(12)10(15-11)16-14/h7H,2-6,14H2,1H3,(H,15,16). The molecule has 0 atom stereocenters. The Morgan fingerprint density at radius 1 is 1.21 bits per heavy atom. The molecule has 108 valence electrons. The van der Waals surface area contributed by atoms with Crippen molar-refractivity contribution in [3.63, 3.8) is 0 Å². The lowest BCUT2D eigenvalue weighted by Gasteiger charge is -2.09. The molecular weight excluding hydrogens is 260 g/mol. The highest BCUT2D eigenvalue weighted by molar-refractivity contribution is 5.38. The van der Waals surface area contributed by atoms with E-state index in [0.29, 0.717) is 32.3 Å². The van der Waals surface area contributed by atoms with E-state index in [1.54, 1.807) is 7.11 Å². The zero-order valence-corrected chi connectivity index (χ0v) is 10.6. The summed E-state index contributed by atoms with van der Waals surface area (Å²) in [6, 6.07) is 0.659. The summed E-state index contributed by atoms with van der Waals surface area (Å²) in [6.07, 6.45) is 0.549. The molecule has 0 radical (unpaired) electrons. The Morgan fingerprint density at radius 3 is 2.68 bits per heavy atom. The van der Waals surface area contributed by atoms with E-state index in [1.165, 1.54) is 0 Å². The first kappa shape index (κ1) is 15.5. The molecule has 0 aliphatic carbocycles. The number of nitrogens with zero attached hydrogens (tertiary/aromatic N) is 1. The zero-order chi connectivity index (χ0) is 14.1. The Morgan fingerprint density at radius 2 is 2.00 bits per heavy atom. The largest absolute Gasteiger partial charge is 0.475 e. The summed E-state index contributed by atoms with van der Waals surface area (Å²) in [7, 11) is 1.58. The predicted molar refractivity (Wildman–Crippen MR) is 64.8 cm³/mol. The van der Waals surface area contributed by atoms with Gasteiger partial charge < -0.3 is 19.6 Å². The van der Waals surface area contributed by atoms with E-state index in [2.05, 4.69) is 4.98 Å². The third kappa shape index (κ3) is 5.33. The summed E-state index contributed by atoms with van der Waals surface area (Å²) in [6.45, 7) is 1.65. The molecule has 3 N–H and O–H groups in total. The van der Waals surface area contributed by atoms with Crippen LogP contribution in [0.5, 0.6) is 5.88 Å². The number of rotatable bonds is 9. The Kier molecular flexibility index (Phi) is 7.01. The van der Waals surface area contributed by atoms with Crippen LogP contribution < -0.4 is 16.0 Å². The van der Waals surface area contributed by atoms with Gasteiger partial charge in [-0.1, -0.05) is 0 Å². The van der Waals surface area contributed by atoms with Gasteiger partial charge in [0, 0.05) is 26.2 Å². The van der Waals surface area contributed by atoms with Gasteiger partial charge in [-0.3, -0.25) is 0 Å². The molecule has 0 fully saturated rings. The van der Waals surface area contributed by atoms with Gasteiger partial charge in [-0.05, 0) is 0 Å². The molecular formula is C11H17F2N3O3.